The normalized spacial score (nSPS) is 12.1. The molecular formula is C13H20ClNO3S. The van der Waals surface area contributed by atoms with Crippen molar-refractivity contribution >= 4 is 21.6 Å². The molecule has 19 heavy (non-hydrogen) atoms. The fourth-order valence-corrected chi connectivity index (χ4v) is 3.45. The first-order valence-corrected chi connectivity index (χ1v) is 8.11. The second kappa shape index (κ2) is 7.24. The molecule has 1 aromatic carbocycles. The van der Waals surface area contributed by atoms with Crippen molar-refractivity contribution < 1.29 is 13.5 Å². The first kappa shape index (κ1) is 16.4. The van der Waals surface area contributed by atoms with E-state index >= 15 is 0 Å². The van der Waals surface area contributed by atoms with Crippen LogP contribution in [-0.2, 0) is 16.6 Å². The van der Waals surface area contributed by atoms with E-state index in [9.17, 15) is 8.42 Å². The Morgan fingerprint density at radius 3 is 2.58 bits per heavy atom. The van der Waals surface area contributed by atoms with Crippen molar-refractivity contribution in [2.45, 2.75) is 37.7 Å². The zero-order chi connectivity index (χ0) is 14.5. The molecule has 0 unspecified atom stereocenters. The Labute approximate surface area is 120 Å². The highest BCUT2D eigenvalue weighted by Gasteiger charge is 2.23. The third kappa shape index (κ3) is 4.18. The summed E-state index contributed by atoms with van der Waals surface area (Å²) in [5, 5.41) is 9.26. The monoisotopic (exact) mass is 305 g/mol. The molecule has 0 amide bonds. The van der Waals surface area contributed by atoms with Gasteiger partial charge in [0.05, 0.1) is 11.6 Å². The Bertz CT molecular complexity index is 517. The molecule has 1 rings (SSSR count). The number of nitrogens with zero attached hydrogens (tertiary/aromatic N) is 1. The summed E-state index contributed by atoms with van der Waals surface area (Å²) in [6, 6.07) is 4.53. The van der Waals surface area contributed by atoms with Crippen LogP contribution in [0.25, 0.3) is 0 Å². The van der Waals surface area contributed by atoms with Gasteiger partial charge in [-0.05, 0) is 24.1 Å². The average Bonchev–Trinajstić information content (AvgIpc) is 2.39. The third-order valence-electron chi connectivity index (χ3n) is 2.94. The van der Waals surface area contributed by atoms with Crippen molar-refractivity contribution in [3.63, 3.8) is 0 Å². The molecule has 0 atom stereocenters. The molecule has 0 saturated carbocycles. The topological polar surface area (TPSA) is 57.6 Å². The minimum atomic E-state index is -3.59. The number of hydrogen-bond acceptors (Lipinski definition) is 3. The van der Waals surface area contributed by atoms with E-state index in [1.807, 2.05) is 0 Å². The number of aliphatic hydroxyl groups is 1. The van der Waals surface area contributed by atoms with E-state index in [0.29, 0.717) is 12.1 Å². The van der Waals surface area contributed by atoms with Crippen molar-refractivity contribution in [3.05, 3.63) is 28.8 Å². The first-order chi connectivity index (χ1) is 8.93. The van der Waals surface area contributed by atoms with Crippen LogP contribution in [0, 0.1) is 0 Å². The van der Waals surface area contributed by atoms with Crippen LogP contribution < -0.4 is 0 Å². The highest BCUT2D eigenvalue weighted by atomic mass is 35.5. The first-order valence-electron chi connectivity index (χ1n) is 6.29. The lowest BCUT2D eigenvalue weighted by molar-refractivity contribution is 0.281. The van der Waals surface area contributed by atoms with Crippen molar-refractivity contribution in [3.8, 4) is 0 Å². The number of rotatable bonds is 7. The highest BCUT2D eigenvalue weighted by molar-refractivity contribution is 7.89. The molecule has 0 aliphatic carbocycles. The molecule has 6 heteroatoms. The molecule has 1 N–H and O–H groups in total. The van der Waals surface area contributed by atoms with Crippen LogP contribution >= 0.6 is 11.6 Å². The minimum absolute atomic E-state index is 0.0553. The largest absolute Gasteiger partial charge is 0.392 e. The molecule has 0 radical (unpaired) electrons. The fraction of sp³-hybridized carbons (Fsp3) is 0.538. The Balaban J connectivity index is 2.99. The molecule has 108 valence electrons. The van der Waals surface area contributed by atoms with E-state index in [-0.39, 0.29) is 16.5 Å². The van der Waals surface area contributed by atoms with Crippen molar-refractivity contribution in [1.82, 2.24) is 4.31 Å². The summed E-state index contributed by atoms with van der Waals surface area (Å²) in [5.74, 6) is 0. The number of halogens is 1. The predicted molar refractivity (Wildman–Crippen MR) is 76.7 cm³/mol. The molecular weight excluding hydrogens is 286 g/mol. The zero-order valence-corrected chi connectivity index (χ0v) is 12.8. The minimum Gasteiger partial charge on any atom is -0.392 e. The van der Waals surface area contributed by atoms with Gasteiger partial charge < -0.3 is 5.11 Å². The summed E-state index contributed by atoms with van der Waals surface area (Å²) in [7, 11) is -2.04. The lowest BCUT2D eigenvalue weighted by Gasteiger charge is -2.18. The maximum absolute atomic E-state index is 12.4. The third-order valence-corrected chi connectivity index (χ3v) is 5.28. The Morgan fingerprint density at radius 1 is 1.32 bits per heavy atom. The summed E-state index contributed by atoms with van der Waals surface area (Å²) >= 11 is 5.96. The molecule has 0 heterocycles. The van der Waals surface area contributed by atoms with E-state index in [1.54, 1.807) is 13.1 Å². The molecule has 0 aliphatic rings. The molecule has 4 nitrogen and oxygen atoms in total. The quantitative estimate of drug-likeness (QED) is 0.788. The summed E-state index contributed by atoms with van der Waals surface area (Å²) in [6.45, 7) is 2.32. The summed E-state index contributed by atoms with van der Waals surface area (Å²) < 4.78 is 26.1. The van der Waals surface area contributed by atoms with E-state index < -0.39 is 10.0 Å². The molecule has 0 fully saturated rings. The summed E-state index contributed by atoms with van der Waals surface area (Å²) in [5.41, 5.74) is 0.532. The number of unbranched alkanes of at least 4 members (excludes halogenated alkanes) is 2. The van der Waals surface area contributed by atoms with Crippen LogP contribution in [0.3, 0.4) is 0 Å². The molecule has 1 aromatic rings. The highest BCUT2D eigenvalue weighted by Crippen LogP contribution is 2.25. The lowest BCUT2D eigenvalue weighted by Crippen LogP contribution is -2.28. The molecule has 0 aromatic heterocycles. The van der Waals surface area contributed by atoms with Crippen molar-refractivity contribution in [2.24, 2.45) is 0 Å². The molecule has 0 bridgehead atoms. The Kier molecular flexibility index (Phi) is 6.26. The van der Waals surface area contributed by atoms with E-state index in [4.69, 9.17) is 16.7 Å². The van der Waals surface area contributed by atoms with Crippen LogP contribution in [-0.4, -0.2) is 31.4 Å². The smallest absolute Gasteiger partial charge is 0.244 e. The molecule has 0 spiro atoms. The fourth-order valence-electron chi connectivity index (χ4n) is 1.72. The van der Waals surface area contributed by atoms with Crippen LogP contribution in [0.4, 0.5) is 0 Å². The maximum atomic E-state index is 12.4. The lowest BCUT2D eigenvalue weighted by atomic mass is 10.2. The van der Waals surface area contributed by atoms with Gasteiger partial charge in [-0.15, -0.1) is 0 Å². The summed E-state index contributed by atoms with van der Waals surface area (Å²) in [4.78, 5) is 0.0553. The maximum Gasteiger partial charge on any atom is 0.244 e. The Morgan fingerprint density at radius 2 is 2.00 bits per heavy atom. The second-order valence-corrected chi connectivity index (χ2v) is 6.88. The number of benzene rings is 1. The van der Waals surface area contributed by atoms with Gasteiger partial charge in [0, 0.05) is 13.6 Å². The number of sulfonamides is 1. The van der Waals surface area contributed by atoms with Crippen LogP contribution in [0.5, 0.6) is 0 Å². The second-order valence-electron chi connectivity index (χ2n) is 4.46. The van der Waals surface area contributed by atoms with E-state index in [0.717, 1.165) is 19.3 Å². The zero-order valence-electron chi connectivity index (χ0n) is 11.3. The number of hydrogen-bond donors (Lipinski definition) is 1. The van der Waals surface area contributed by atoms with Crippen molar-refractivity contribution in [1.29, 1.82) is 0 Å². The van der Waals surface area contributed by atoms with Crippen LogP contribution in [0.1, 0.15) is 31.7 Å². The van der Waals surface area contributed by atoms with Gasteiger partial charge in [-0.3, -0.25) is 0 Å². The summed E-state index contributed by atoms with van der Waals surface area (Å²) in [6.07, 6.45) is 2.85. The van der Waals surface area contributed by atoms with Gasteiger partial charge in [-0.1, -0.05) is 37.4 Å². The van der Waals surface area contributed by atoms with Crippen LogP contribution in [0.15, 0.2) is 23.1 Å². The van der Waals surface area contributed by atoms with Gasteiger partial charge >= 0.3 is 0 Å². The van der Waals surface area contributed by atoms with Gasteiger partial charge in [0.15, 0.2) is 0 Å². The van der Waals surface area contributed by atoms with Gasteiger partial charge in [0.25, 0.3) is 0 Å². The standard InChI is InChI=1S/C13H20ClNO3S/c1-3-4-5-8-15(2)19(17,18)13-9-11(10-16)6-7-12(13)14/h6-7,9,16H,3-5,8,10H2,1-2H3. The van der Waals surface area contributed by atoms with Gasteiger partial charge in [-0.2, -0.15) is 0 Å². The van der Waals surface area contributed by atoms with Gasteiger partial charge in [0.2, 0.25) is 10.0 Å². The van der Waals surface area contributed by atoms with Gasteiger partial charge in [0.1, 0.15) is 4.90 Å². The van der Waals surface area contributed by atoms with E-state index in [2.05, 4.69) is 6.92 Å². The molecule has 0 saturated heterocycles. The van der Waals surface area contributed by atoms with Crippen molar-refractivity contribution in [2.75, 3.05) is 13.6 Å². The van der Waals surface area contributed by atoms with Crippen LogP contribution in [0.2, 0.25) is 5.02 Å². The average molecular weight is 306 g/mol. The number of aliphatic hydroxyl groups excluding tert-OH is 1. The van der Waals surface area contributed by atoms with Gasteiger partial charge in [-0.25, -0.2) is 12.7 Å². The predicted octanol–water partition coefficient (Wildman–Crippen LogP) is 2.64. The van der Waals surface area contributed by atoms with E-state index in [1.165, 1.54) is 16.4 Å². The molecule has 0 aliphatic heterocycles. The SMILES string of the molecule is CCCCCN(C)S(=O)(=O)c1cc(CO)ccc1Cl. The Hall–Kier alpha value is -0.620.